The van der Waals surface area contributed by atoms with Crippen molar-refractivity contribution < 1.29 is 32.7 Å². The summed E-state index contributed by atoms with van der Waals surface area (Å²) in [5.41, 5.74) is 1.44. The van der Waals surface area contributed by atoms with Gasteiger partial charge in [0, 0.05) is 37.3 Å². The molecule has 36 heavy (non-hydrogen) atoms. The molecule has 0 saturated carbocycles. The Hall–Kier alpha value is -3.67. The van der Waals surface area contributed by atoms with Crippen LogP contribution < -0.4 is 10.6 Å². The number of aromatic nitrogens is 2. The molecule has 0 radical (unpaired) electrons. The summed E-state index contributed by atoms with van der Waals surface area (Å²) in [5, 5.41) is 30.2. The van der Waals surface area contributed by atoms with Crippen LogP contribution in [0.15, 0.2) is 18.2 Å². The third kappa shape index (κ3) is 4.99. The van der Waals surface area contributed by atoms with Crippen LogP contribution in [-0.2, 0) is 29.1 Å². The Morgan fingerprint density at radius 2 is 2.17 bits per heavy atom. The zero-order valence-electron chi connectivity index (χ0n) is 19.4. The number of aliphatic hydroxyl groups is 1. The first-order valence-electron chi connectivity index (χ1n) is 11.1. The normalized spacial score (nSPS) is 20.8. The second-order valence-electron chi connectivity index (χ2n) is 8.54. The van der Waals surface area contributed by atoms with Crippen molar-refractivity contribution in [2.75, 3.05) is 18.9 Å². The van der Waals surface area contributed by atoms with Gasteiger partial charge < -0.3 is 15.7 Å². The highest BCUT2D eigenvalue weighted by Gasteiger charge is 2.39. The molecule has 1 aromatic carbocycles. The molecule has 2 aliphatic rings. The third-order valence-electron chi connectivity index (χ3n) is 6.06. The van der Waals surface area contributed by atoms with E-state index < -0.39 is 43.1 Å². The minimum absolute atomic E-state index is 0.105. The molecule has 3 N–H and O–H groups in total. The first-order chi connectivity index (χ1) is 17.1. The number of rotatable bonds is 6. The smallest absolute Gasteiger partial charge is 0.295 e. The number of amides is 2. The monoisotopic (exact) mass is 507 g/mol. The van der Waals surface area contributed by atoms with Crippen LogP contribution in [0.2, 0.25) is 0 Å². The number of nitriles is 1. The van der Waals surface area contributed by atoms with Crippen LogP contribution in [0, 0.1) is 17.1 Å². The highest BCUT2D eigenvalue weighted by molar-refractivity contribution is 5.94. The van der Waals surface area contributed by atoms with Gasteiger partial charge in [0.05, 0.1) is 24.3 Å². The van der Waals surface area contributed by atoms with E-state index in [1.807, 2.05) is 6.92 Å². The number of hydrogen-bond acceptors (Lipinski definition) is 8. The van der Waals surface area contributed by atoms with Gasteiger partial charge in [-0.1, -0.05) is 0 Å². The maximum absolute atomic E-state index is 13.6. The van der Waals surface area contributed by atoms with Crippen molar-refractivity contribution in [2.24, 2.45) is 0 Å². The molecule has 0 spiro atoms. The Morgan fingerprint density at radius 1 is 1.42 bits per heavy atom. The molecule has 3 heterocycles. The van der Waals surface area contributed by atoms with E-state index in [-0.39, 0.29) is 30.4 Å². The Balaban J connectivity index is 1.57. The van der Waals surface area contributed by atoms with Gasteiger partial charge in [-0.2, -0.15) is 10.4 Å². The third-order valence-corrected chi connectivity index (χ3v) is 6.06. The number of hydrogen-bond donors (Lipinski definition) is 3. The van der Waals surface area contributed by atoms with Crippen LogP contribution >= 0.6 is 0 Å². The molecule has 192 valence electrons. The number of fused-ring (bicyclic) bond motifs is 3. The number of nitrogens with one attached hydrogen (secondary N) is 2. The molecule has 2 aromatic rings. The second-order valence-corrected chi connectivity index (χ2v) is 8.54. The SMILES string of the molecule is CC1Cc2nn3c(c2CN1C(O)Nc1ccc(F)c(C#N)c1)C(=O)N(C)OC(C(=O)NCC(F)F)C3. The van der Waals surface area contributed by atoms with E-state index >= 15 is 0 Å². The van der Waals surface area contributed by atoms with Crippen LogP contribution in [-0.4, -0.2) is 75.2 Å². The lowest BCUT2D eigenvalue weighted by Gasteiger charge is -2.37. The van der Waals surface area contributed by atoms with Gasteiger partial charge in [-0.25, -0.2) is 18.2 Å². The summed E-state index contributed by atoms with van der Waals surface area (Å²) in [4.78, 5) is 32.5. The van der Waals surface area contributed by atoms with Gasteiger partial charge >= 0.3 is 0 Å². The number of anilines is 1. The highest BCUT2D eigenvalue weighted by atomic mass is 19.3. The molecule has 11 nitrogen and oxygen atoms in total. The van der Waals surface area contributed by atoms with Crippen molar-refractivity contribution in [3.05, 3.63) is 46.5 Å². The lowest BCUT2D eigenvalue weighted by Crippen LogP contribution is -2.49. The minimum atomic E-state index is -2.74. The van der Waals surface area contributed by atoms with E-state index in [0.717, 1.165) is 11.1 Å². The Morgan fingerprint density at radius 3 is 2.86 bits per heavy atom. The lowest BCUT2D eigenvalue weighted by molar-refractivity contribution is -0.168. The Kier molecular flexibility index (Phi) is 7.16. The van der Waals surface area contributed by atoms with Crippen molar-refractivity contribution in [3.63, 3.8) is 0 Å². The van der Waals surface area contributed by atoms with E-state index in [1.165, 1.54) is 23.9 Å². The minimum Gasteiger partial charge on any atom is -0.361 e. The fraction of sp³-hybridized carbons (Fsp3) is 0.455. The standard InChI is InChI=1S/C22H24F3N7O4/c1-11-5-16-14(9-31(11)22(35)28-13-3-4-15(23)12(6-13)7-26)19-21(34)30(2)36-17(10-32(19)29-16)20(33)27-8-18(24)25/h3-4,6,11,17-18,22,28,35H,5,8-10H2,1-2H3,(H,27,33). The van der Waals surface area contributed by atoms with Crippen LogP contribution in [0.1, 0.15) is 34.2 Å². The van der Waals surface area contributed by atoms with Crippen LogP contribution in [0.5, 0.6) is 0 Å². The van der Waals surface area contributed by atoms with E-state index in [9.17, 15) is 27.9 Å². The van der Waals surface area contributed by atoms with E-state index in [2.05, 4.69) is 15.7 Å². The van der Waals surface area contributed by atoms with E-state index in [1.54, 1.807) is 11.0 Å². The fourth-order valence-corrected chi connectivity index (χ4v) is 4.25. The fourth-order valence-electron chi connectivity index (χ4n) is 4.25. The van der Waals surface area contributed by atoms with Gasteiger partial charge in [0.25, 0.3) is 18.2 Å². The Labute approximate surface area is 204 Å². The number of benzene rings is 1. The van der Waals surface area contributed by atoms with Crippen LogP contribution in [0.3, 0.4) is 0 Å². The molecule has 4 rings (SSSR count). The van der Waals surface area contributed by atoms with Crippen LogP contribution in [0.25, 0.3) is 0 Å². The molecule has 14 heteroatoms. The zero-order valence-corrected chi connectivity index (χ0v) is 19.4. The van der Waals surface area contributed by atoms with Gasteiger partial charge in [0.15, 0.2) is 12.5 Å². The summed E-state index contributed by atoms with van der Waals surface area (Å²) in [6.45, 7) is 0.935. The molecule has 1 aromatic heterocycles. The largest absolute Gasteiger partial charge is 0.361 e. The summed E-state index contributed by atoms with van der Waals surface area (Å²) >= 11 is 0. The predicted octanol–water partition coefficient (Wildman–Crippen LogP) is 0.796. The number of nitrogens with zero attached hydrogens (tertiary/aromatic N) is 5. The number of hydroxylamine groups is 2. The first-order valence-corrected chi connectivity index (χ1v) is 11.1. The maximum Gasteiger partial charge on any atom is 0.295 e. The Bertz CT molecular complexity index is 1210. The van der Waals surface area contributed by atoms with Gasteiger partial charge in [0.1, 0.15) is 17.6 Å². The average Bonchev–Trinajstić information content (AvgIpc) is 3.12. The number of halogens is 3. The highest BCUT2D eigenvalue weighted by Crippen LogP contribution is 2.30. The van der Waals surface area contributed by atoms with Crippen molar-refractivity contribution in [1.29, 1.82) is 5.26 Å². The lowest BCUT2D eigenvalue weighted by atomic mass is 9.99. The molecular weight excluding hydrogens is 483 g/mol. The summed E-state index contributed by atoms with van der Waals surface area (Å²) < 4.78 is 40.0. The quantitative estimate of drug-likeness (QED) is 0.489. The number of aliphatic hydroxyl groups excluding tert-OH is 1. The topological polar surface area (TPSA) is 136 Å². The number of carbonyl (C=O) groups is 2. The summed E-state index contributed by atoms with van der Waals surface area (Å²) in [6, 6.07) is 5.29. The molecule has 2 amide bonds. The molecular formula is C22H24F3N7O4. The van der Waals surface area contributed by atoms with Crippen LogP contribution in [0.4, 0.5) is 18.9 Å². The zero-order chi connectivity index (χ0) is 26.1. The summed E-state index contributed by atoms with van der Waals surface area (Å²) in [5.74, 6) is -2.06. The van der Waals surface area contributed by atoms with Crippen molar-refractivity contribution in [2.45, 2.75) is 51.4 Å². The van der Waals surface area contributed by atoms with Crippen molar-refractivity contribution >= 4 is 17.5 Å². The molecule has 0 aliphatic carbocycles. The summed E-state index contributed by atoms with van der Waals surface area (Å²) in [7, 11) is 1.31. The maximum atomic E-state index is 13.6. The predicted molar refractivity (Wildman–Crippen MR) is 118 cm³/mol. The molecule has 3 atom stereocenters. The molecule has 3 unspecified atom stereocenters. The van der Waals surface area contributed by atoms with Gasteiger partial charge in [-0.15, -0.1) is 0 Å². The van der Waals surface area contributed by atoms with E-state index in [0.29, 0.717) is 23.4 Å². The molecule has 0 bridgehead atoms. The van der Waals surface area contributed by atoms with Crippen molar-refractivity contribution in [3.8, 4) is 6.07 Å². The molecule has 0 fully saturated rings. The second kappa shape index (κ2) is 10.1. The van der Waals surface area contributed by atoms with E-state index in [4.69, 9.17) is 10.1 Å². The van der Waals surface area contributed by atoms with Gasteiger partial charge in [0.2, 0.25) is 0 Å². The number of alkyl halides is 2. The van der Waals surface area contributed by atoms with Gasteiger partial charge in [-0.05, 0) is 25.1 Å². The number of carbonyl (C=O) groups excluding carboxylic acids is 2. The summed E-state index contributed by atoms with van der Waals surface area (Å²) in [6.07, 6.45) is -4.88. The first kappa shape index (κ1) is 25.4. The van der Waals surface area contributed by atoms with Crippen molar-refractivity contribution in [1.82, 2.24) is 25.1 Å². The molecule has 0 saturated heterocycles. The molecule has 2 aliphatic heterocycles. The average molecular weight is 507 g/mol. The van der Waals surface area contributed by atoms with Gasteiger partial charge in [-0.3, -0.25) is 24.0 Å².